The number of halogens is 1. The number of benzene rings is 1. The van der Waals surface area contributed by atoms with Crippen LogP contribution in [-0.4, -0.2) is 155 Å². The molecule has 0 saturated carbocycles. The van der Waals surface area contributed by atoms with Crippen molar-refractivity contribution in [3.8, 4) is 5.75 Å². The molecule has 1 atom stereocenters. The molecule has 1 aromatic carbocycles. The highest BCUT2D eigenvalue weighted by molar-refractivity contribution is 5.85. The Bertz CT molecular complexity index is 1030. The molecule has 14 nitrogen and oxygen atoms in total. The van der Waals surface area contributed by atoms with E-state index < -0.39 is 29.9 Å². The topological polar surface area (TPSA) is 197 Å². The van der Waals surface area contributed by atoms with Crippen molar-refractivity contribution in [3.63, 3.8) is 0 Å². The van der Waals surface area contributed by atoms with Gasteiger partial charge in [-0.15, -0.1) is 12.4 Å². The van der Waals surface area contributed by atoms with Gasteiger partial charge in [-0.2, -0.15) is 0 Å². The maximum Gasteiger partial charge on any atom is 0.317 e. The highest BCUT2D eigenvalue weighted by Gasteiger charge is 2.27. The van der Waals surface area contributed by atoms with Crippen LogP contribution >= 0.6 is 12.4 Å². The van der Waals surface area contributed by atoms with Crippen molar-refractivity contribution in [3.05, 3.63) is 29.8 Å². The minimum absolute atomic E-state index is 0. The molecule has 1 aromatic rings. The Balaban J connectivity index is 0.0000101. The third-order valence-corrected chi connectivity index (χ3v) is 7.58. The fourth-order valence-electron chi connectivity index (χ4n) is 5.32. The Morgan fingerprint density at radius 1 is 0.667 bits per heavy atom. The van der Waals surface area contributed by atoms with Crippen LogP contribution in [0.2, 0.25) is 0 Å². The van der Waals surface area contributed by atoms with Gasteiger partial charge in [0.15, 0.2) is 0 Å². The van der Waals surface area contributed by atoms with Gasteiger partial charge < -0.3 is 30.9 Å². The van der Waals surface area contributed by atoms with Gasteiger partial charge in [0.1, 0.15) is 5.75 Å². The maximum atomic E-state index is 11.9. The molecular formula is C30H50ClN5O9. The van der Waals surface area contributed by atoms with E-state index in [1.165, 1.54) is 0 Å². The molecule has 6 N–H and O–H groups in total. The van der Waals surface area contributed by atoms with Crippen LogP contribution in [0, 0.1) is 0 Å². The number of rotatable bonds is 18. The molecule has 0 amide bonds. The standard InChI is InChI=1S/C30H49N5O9.ClH/c31-10-4-2-1-3-5-17-44-26-8-6-24(7-9-26)18-25-19-34(22-29(40)41)14-13-32(20-27(36)37)11-12-33(21-28(38)39)15-16-35(25)23-30(42)43;/h6-9,25H,1-5,10-23,31H2,(H,36,37)(H,38,39)(H,40,41)(H,42,43);1H. The van der Waals surface area contributed by atoms with Crippen molar-refractivity contribution in [2.24, 2.45) is 5.73 Å². The van der Waals surface area contributed by atoms with Crippen LogP contribution in [0.3, 0.4) is 0 Å². The van der Waals surface area contributed by atoms with Crippen LogP contribution in [0.25, 0.3) is 0 Å². The first-order valence-electron chi connectivity index (χ1n) is 15.3. The summed E-state index contributed by atoms with van der Waals surface area (Å²) in [6.07, 6.45) is 5.71. The van der Waals surface area contributed by atoms with Gasteiger partial charge >= 0.3 is 23.9 Å². The number of carbonyl (C=O) groups is 4. The van der Waals surface area contributed by atoms with E-state index in [1.807, 2.05) is 24.3 Å². The molecule has 1 aliphatic rings. The van der Waals surface area contributed by atoms with Crippen molar-refractivity contribution in [2.45, 2.75) is 44.6 Å². The van der Waals surface area contributed by atoms with Crippen LogP contribution in [-0.2, 0) is 25.6 Å². The van der Waals surface area contributed by atoms with Crippen molar-refractivity contribution in [2.75, 3.05) is 85.1 Å². The molecule has 0 spiro atoms. The third-order valence-electron chi connectivity index (χ3n) is 7.58. The Kier molecular flexibility index (Phi) is 20.0. The highest BCUT2D eigenvalue weighted by atomic mass is 35.5. The quantitative estimate of drug-likeness (QED) is 0.139. The summed E-state index contributed by atoms with van der Waals surface area (Å²) in [6, 6.07) is 7.16. The lowest BCUT2D eigenvalue weighted by molar-refractivity contribution is -0.142. The maximum absolute atomic E-state index is 11.9. The zero-order valence-corrected chi connectivity index (χ0v) is 26.7. The number of hydrogen-bond acceptors (Lipinski definition) is 10. The largest absolute Gasteiger partial charge is 0.494 e. The Morgan fingerprint density at radius 3 is 1.67 bits per heavy atom. The molecule has 1 aliphatic heterocycles. The van der Waals surface area contributed by atoms with Gasteiger partial charge in [-0.3, -0.25) is 38.8 Å². The lowest BCUT2D eigenvalue weighted by Gasteiger charge is -2.37. The van der Waals surface area contributed by atoms with E-state index in [0.717, 1.165) is 43.4 Å². The Labute approximate surface area is 271 Å². The molecule has 2 rings (SSSR count). The smallest absolute Gasteiger partial charge is 0.317 e. The number of nitrogens with zero attached hydrogens (tertiary/aromatic N) is 4. The predicted molar refractivity (Wildman–Crippen MR) is 170 cm³/mol. The van der Waals surface area contributed by atoms with Crippen LogP contribution < -0.4 is 10.5 Å². The van der Waals surface area contributed by atoms with E-state index in [0.29, 0.717) is 19.6 Å². The van der Waals surface area contributed by atoms with Gasteiger partial charge in [0, 0.05) is 51.9 Å². The normalized spacial score (nSPS) is 17.8. The minimum atomic E-state index is -1.05. The highest BCUT2D eigenvalue weighted by Crippen LogP contribution is 2.18. The second kappa shape index (κ2) is 22.5. The SMILES string of the molecule is Cl.NCCCCCCCOc1ccc(CC2CN(CC(=O)O)CCN(CC(=O)O)CCN(CC(=O)O)CCN2CC(=O)O)cc1. The van der Waals surface area contributed by atoms with Gasteiger partial charge in [-0.05, 0) is 43.5 Å². The summed E-state index contributed by atoms with van der Waals surface area (Å²) in [6.45, 7) is 1.92. The molecular weight excluding hydrogens is 610 g/mol. The lowest BCUT2D eigenvalue weighted by atomic mass is 10.0. The van der Waals surface area contributed by atoms with Crippen LogP contribution in [0.1, 0.15) is 37.7 Å². The van der Waals surface area contributed by atoms with E-state index in [2.05, 4.69) is 0 Å². The van der Waals surface area contributed by atoms with Gasteiger partial charge in [0.2, 0.25) is 0 Å². The molecule has 0 radical (unpaired) electrons. The van der Waals surface area contributed by atoms with Crippen LogP contribution in [0.5, 0.6) is 5.75 Å². The predicted octanol–water partition coefficient (Wildman–Crippen LogP) is 0.868. The summed E-state index contributed by atoms with van der Waals surface area (Å²) in [5, 5.41) is 38.2. The van der Waals surface area contributed by atoms with E-state index in [1.54, 1.807) is 19.6 Å². The number of carboxylic acid groups (broad SMARTS) is 4. The fraction of sp³-hybridized carbons (Fsp3) is 0.667. The number of hydrogen-bond donors (Lipinski definition) is 5. The molecule has 45 heavy (non-hydrogen) atoms. The zero-order chi connectivity index (χ0) is 32.3. The number of carboxylic acids is 4. The number of nitrogens with two attached hydrogens (primary N) is 1. The second-order valence-electron chi connectivity index (χ2n) is 11.2. The van der Waals surface area contributed by atoms with E-state index in [9.17, 15) is 39.6 Å². The average molecular weight is 660 g/mol. The summed E-state index contributed by atoms with van der Waals surface area (Å²) in [4.78, 5) is 53.5. The van der Waals surface area contributed by atoms with E-state index >= 15 is 0 Å². The molecule has 0 aliphatic carbocycles. The zero-order valence-electron chi connectivity index (χ0n) is 25.9. The fourth-order valence-corrected chi connectivity index (χ4v) is 5.32. The lowest BCUT2D eigenvalue weighted by Crippen LogP contribution is -2.53. The third kappa shape index (κ3) is 17.9. The van der Waals surface area contributed by atoms with Crippen molar-refractivity contribution in [1.82, 2.24) is 19.6 Å². The summed E-state index contributed by atoms with van der Waals surface area (Å²) < 4.78 is 5.88. The molecule has 0 bridgehead atoms. The first-order valence-corrected chi connectivity index (χ1v) is 15.3. The molecule has 0 aromatic heterocycles. The molecule has 256 valence electrons. The first-order chi connectivity index (χ1) is 21.0. The van der Waals surface area contributed by atoms with E-state index in [4.69, 9.17) is 10.5 Å². The van der Waals surface area contributed by atoms with Crippen molar-refractivity contribution >= 4 is 36.3 Å². The average Bonchev–Trinajstić information content (AvgIpc) is 2.94. The van der Waals surface area contributed by atoms with Crippen molar-refractivity contribution < 1.29 is 44.3 Å². The summed E-state index contributed by atoms with van der Waals surface area (Å²) >= 11 is 0. The molecule has 1 heterocycles. The summed E-state index contributed by atoms with van der Waals surface area (Å²) in [7, 11) is 0. The number of aliphatic carboxylic acids is 4. The molecule has 1 unspecified atom stereocenters. The second-order valence-corrected chi connectivity index (χ2v) is 11.2. The summed E-state index contributed by atoms with van der Waals surface area (Å²) in [5.41, 5.74) is 6.44. The first kappa shape index (κ1) is 40.0. The van der Waals surface area contributed by atoms with Crippen molar-refractivity contribution in [1.29, 1.82) is 0 Å². The Morgan fingerprint density at radius 2 is 1.13 bits per heavy atom. The van der Waals surface area contributed by atoms with Crippen LogP contribution in [0.4, 0.5) is 0 Å². The van der Waals surface area contributed by atoms with Gasteiger partial charge in [0.05, 0.1) is 32.8 Å². The number of ether oxygens (including phenoxy) is 1. The number of unbranched alkanes of at least 4 members (excludes halogenated alkanes) is 4. The summed E-state index contributed by atoms with van der Waals surface area (Å²) in [5.74, 6) is -3.43. The Hall–Kier alpha value is -3.01. The molecule has 1 fully saturated rings. The monoisotopic (exact) mass is 659 g/mol. The van der Waals surface area contributed by atoms with Gasteiger partial charge in [-0.25, -0.2) is 0 Å². The van der Waals surface area contributed by atoms with Crippen LogP contribution in [0.15, 0.2) is 24.3 Å². The van der Waals surface area contributed by atoms with Gasteiger partial charge in [-0.1, -0.05) is 31.4 Å². The van der Waals surface area contributed by atoms with Gasteiger partial charge in [0.25, 0.3) is 0 Å². The molecule has 15 heteroatoms. The molecule has 1 saturated heterocycles. The minimum Gasteiger partial charge on any atom is -0.494 e. The van der Waals surface area contributed by atoms with E-state index in [-0.39, 0.29) is 84.4 Å².